The van der Waals surface area contributed by atoms with Gasteiger partial charge in [0, 0.05) is 38.8 Å². The first kappa shape index (κ1) is 18.3. The normalized spacial score (nSPS) is 24.6. The summed E-state index contributed by atoms with van der Waals surface area (Å²) in [7, 11) is 0. The minimum Gasteiger partial charge on any atom is -0.495 e. The van der Waals surface area contributed by atoms with E-state index in [0.29, 0.717) is 18.1 Å². The van der Waals surface area contributed by atoms with Crippen LogP contribution in [0.15, 0.2) is 23.5 Å². The standard InChI is InChI=1S/C15H25NO.Y/c1-5-8-15(12(6-2)7-3)11(4)17-14-9-13(16)10-14;/h5,8,12-14H,2-3,6-7,9-10,16H2,1,4H3;/q-2;/b8-5-,15-11-;. The summed E-state index contributed by atoms with van der Waals surface area (Å²) in [5.41, 5.74) is 7.00. The Morgan fingerprint density at radius 2 is 1.94 bits per heavy atom. The van der Waals surface area contributed by atoms with Gasteiger partial charge in [0.1, 0.15) is 6.10 Å². The monoisotopic (exact) mass is 324 g/mol. The Morgan fingerprint density at radius 3 is 2.33 bits per heavy atom. The molecule has 0 amide bonds. The minimum atomic E-state index is 0. The second-order valence-electron chi connectivity index (χ2n) is 4.76. The number of ether oxygens (including phenoxy) is 1. The summed E-state index contributed by atoms with van der Waals surface area (Å²) in [4.78, 5) is 0. The molecule has 1 saturated carbocycles. The van der Waals surface area contributed by atoms with Crippen LogP contribution < -0.4 is 5.73 Å². The van der Waals surface area contributed by atoms with Gasteiger partial charge in [0.25, 0.3) is 0 Å². The molecule has 0 heterocycles. The van der Waals surface area contributed by atoms with Gasteiger partial charge in [-0.15, -0.1) is 0 Å². The van der Waals surface area contributed by atoms with Crippen molar-refractivity contribution in [1.82, 2.24) is 0 Å². The van der Waals surface area contributed by atoms with E-state index in [0.717, 1.165) is 31.4 Å². The molecule has 0 spiro atoms. The number of nitrogens with two attached hydrogens (primary N) is 1. The summed E-state index contributed by atoms with van der Waals surface area (Å²) in [6.07, 6.45) is 8.13. The van der Waals surface area contributed by atoms with Gasteiger partial charge in [-0.2, -0.15) is 12.8 Å². The molecule has 0 aromatic carbocycles. The third-order valence-electron chi connectivity index (χ3n) is 3.36. The van der Waals surface area contributed by atoms with Crippen molar-refractivity contribution in [2.24, 2.45) is 11.7 Å². The Hall–Kier alpha value is 0.344. The first-order chi connectivity index (χ1) is 8.12. The van der Waals surface area contributed by atoms with E-state index in [-0.39, 0.29) is 32.7 Å². The number of hydrogen-bond acceptors (Lipinski definition) is 2. The van der Waals surface area contributed by atoms with Crippen LogP contribution in [0.25, 0.3) is 0 Å². The molecule has 101 valence electrons. The maximum atomic E-state index is 5.95. The summed E-state index contributed by atoms with van der Waals surface area (Å²) < 4.78 is 5.95. The number of rotatable bonds is 6. The smallest absolute Gasteiger partial charge is 0.101 e. The van der Waals surface area contributed by atoms with Crippen molar-refractivity contribution >= 4 is 0 Å². The van der Waals surface area contributed by atoms with Crippen LogP contribution in [0.1, 0.15) is 39.5 Å². The van der Waals surface area contributed by atoms with E-state index in [9.17, 15) is 0 Å². The van der Waals surface area contributed by atoms with Crippen molar-refractivity contribution in [2.75, 3.05) is 0 Å². The van der Waals surface area contributed by atoms with Crippen molar-refractivity contribution in [1.29, 1.82) is 0 Å². The van der Waals surface area contributed by atoms with E-state index in [1.165, 1.54) is 5.57 Å². The summed E-state index contributed by atoms with van der Waals surface area (Å²) in [5, 5.41) is 0. The van der Waals surface area contributed by atoms with Crippen molar-refractivity contribution in [3.63, 3.8) is 0 Å². The fourth-order valence-corrected chi connectivity index (χ4v) is 2.20. The maximum absolute atomic E-state index is 5.95. The zero-order valence-electron chi connectivity index (χ0n) is 11.7. The molecule has 2 nitrogen and oxygen atoms in total. The Bertz CT molecular complexity index is 289. The van der Waals surface area contributed by atoms with Crippen LogP contribution >= 0.6 is 0 Å². The molecule has 0 saturated heterocycles. The molecule has 1 aliphatic carbocycles. The zero-order chi connectivity index (χ0) is 12.8. The molecule has 0 unspecified atom stereocenters. The van der Waals surface area contributed by atoms with Gasteiger partial charge in [-0.05, 0) is 32.3 Å². The maximum Gasteiger partial charge on any atom is 0.101 e. The molecule has 1 fully saturated rings. The molecule has 18 heavy (non-hydrogen) atoms. The van der Waals surface area contributed by atoms with Crippen LogP contribution in [0.4, 0.5) is 0 Å². The van der Waals surface area contributed by atoms with Crippen molar-refractivity contribution in [3.8, 4) is 0 Å². The SMILES string of the molecule is [CH2-]CC(C[CH2-])C(/C=C\C)=C(/C)OC1CC(N)C1.[Y]. The third kappa shape index (κ3) is 5.15. The summed E-state index contributed by atoms with van der Waals surface area (Å²) in [6, 6.07) is 0.328. The average Bonchev–Trinajstić information content (AvgIpc) is 2.27. The number of allylic oxidation sites excluding steroid dienone is 4. The fourth-order valence-electron chi connectivity index (χ4n) is 2.20. The molecule has 3 heteroatoms. The topological polar surface area (TPSA) is 35.2 Å². The predicted octanol–water partition coefficient (Wildman–Crippen LogP) is 3.40. The van der Waals surface area contributed by atoms with Crippen LogP contribution in [0, 0.1) is 19.8 Å². The van der Waals surface area contributed by atoms with E-state index in [1.54, 1.807) is 0 Å². The minimum absolute atomic E-state index is 0. The fraction of sp³-hybridized carbons (Fsp3) is 0.600. The molecule has 0 aliphatic heterocycles. The van der Waals surface area contributed by atoms with Crippen molar-refractivity contribution in [3.05, 3.63) is 37.3 Å². The first-order valence-corrected chi connectivity index (χ1v) is 6.46. The molecule has 0 bridgehead atoms. The van der Waals surface area contributed by atoms with Crippen LogP contribution in [0.3, 0.4) is 0 Å². The van der Waals surface area contributed by atoms with Crippen LogP contribution in [0.2, 0.25) is 0 Å². The van der Waals surface area contributed by atoms with Gasteiger partial charge in [-0.25, -0.2) is 0 Å². The molecule has 0 aromatic rings. The van der Waals surface area contributed by atoms with Gasteiger partial charge in [-0.1, -0.05) is 18.1 Å². The van der Waals surface area contributed by atoms with Gasteiger partial charge >= 0.3 is 0 Å². The number of hydrogen-bond donors (Lipinski definition) is 1. The Balaban J connectivity index is 0.00000289. The second kappa shape index (κ2) is 9.28. The predicted molar refractivity (Wildman–Crippen MR) is 73.0 cm³/mol. The van der Waals surface area contributed by atoms with E-state index in [1.807, 2.05) is 19.9 Å². The second-order valence-corrected chi connectivity index (χ2v) is 4.76. The third-order valence-corrected chi connectivity index (χ3v) is 3.36. The molecular weight excluding hydrogens is 299 g/mol. The zero-order valence-corrected chi connectivity index (χ0v) is 14.5. The van der Waals surface area contributed by atoms with E-state index >= 15 is 0 Å². The average molecular weight is 324 g/mol. The van der Waals surface area contributed by atoms with E-state index in [2.05, 4.69) is 19.9 Å². The molecule has 1 rings (SSSR count). The molecule has 0 aromatic heterocycles. The van der Waals surface area contributed by atoms with Crippen LogP contribution in [-0.2, 0) is 37.4 Å². The van der Waals surface area contributed by atoms with Crippen LogP contribution in [-0.4, -0.2) is 12.1 Å². The molecule has 1 radical (unpaired) electrons. The summed E-state index contributed by atoms with van der Waals surface area (Å²) >= 11 is 0. The first-order valence-electron chi connectivity index (χ1n) is 6.46. The van der Waals surface area contributed by atoms with Gasteiger partial charge in [0.15, 0.2) is 0 Å². The largest absolute Gasteiger partial charge is 0.495 e. The Morgan fingerprint density at radius 1 is 1.39 bits per heavy atom. The quantitative estimate of drug-likeness (QED) is 0.462. The molecular formula is C15H25NOY-2. The summed E-state index contributed by atoms with van der Waals surface area (Å²) in [5.74, 6) is 1.40. The van der Waals surface area contributed by atoms with Gasteiger partial charge in [0.2, 0.25) is 0 Å². The molecule has 0 atom stereocenters. The van der Waals surface area contributed by atoms with Crippen molar-refractivity contribution < 1.29 is 37.4 Å². The van der Waals surface area contributed by atoms with Gasteiger partial charge in [0.05, 0.1) is 5.76 Å². The van der Waals surface area contributed by atoms with Gasteiger partial charge < -0.3 is 24.3 Å². The van der Waals surface area contributed by atoms with Crippen molar-refractivity contribution in [2.45, 2.75) is 51.7 Å². The van der Waals surface area contributed by atoms with Crippen LogP contribution in [0.5, 0.6) is 0 Å². The van der Waals surface area contributed by atoms with Gasteiger partial charge in [-0.3, -0.25) is 0 Å². The molecule has 1 aliphatic rings. The molecule has 2 N–H and O–H groups in total. The van der Waals surface area contributed by atoms with E-state index in [4.69, 9.17) is 10.5 Å². The summed E-state index contributed by atoms with van der Waals surface area (Å²) in [6.45, 7) is 12.0. The Labute approximate surface area is 137 Å². The Kier molecular flexibility index (Phi) is 9.46. The van der Waals surface area contributed by atoms with E-state index < -0.39 is 0 Å².